The SMILES string of the molecule is O=C(CC(=O)C(F)F)c1ccc2c(c1)Cc1ccccc1-2. The normalized spacial score (nSPS) is 12.1. The monoisotopic (exact) mass is 286 g/mol. The molecule has 0 saturated heterocycles. The Bertz CT molecular complexity index is 735. The molecule has 2 aromatic rings. The number of hydrogen-bond donors (Lipinski definition) is 0. The average molecular weight is 286 g/mol. The molecule has 2 nitrogen and oxygen atoms in total. The highest BCUT2D eigenvalue weighted by Crippen LogP contribution is 2.36. The molecule has 0 aliphatic heterocycles. The van der Waals surface area contributed by atoms with E-state index in [-0.39, 0.29) is 0 Å². The van der Waals surface area contributed by atoms with Gasteiger partial charge in [-0.1, -0.05) is 36.4 Å². The summed E-state index contributed by atoms with van der Waals surface area (Å²) in [6.45, 7) is 0. The lowest BCUT2D eigenvalue weighted by Crippen LogP contribution is -2.15. The van der Waals surface area contributed by atoms with Crippen molar-refractivity contribution in [2.45, 2.75) is 19.3 Å². The number of ketones is 2. The molecule has 1 aliphatic rings. The van der Waals surface area contributed by atoms with Gasteiger partial charge in [0, 0.05) is 5.56 Å². The zero-order chi connectivity index (χ0) is 15.0. The second-order valence-corrected chi connectivity index (χ2v) is 5.07. The van der Waals surface area contributed by atoms with Crippen molar-refractivity contribution >= 4 is 11.6 Å². The largest absolute Gasteiger partial charge is 0.296 e. The molecule has 21 heavy (non-hydrogen) atoms. The van der Waals surface area contributed by atoms with Gasteiger partial charge in [-0.05, 0) is 34.7 Å². The van der Waals surface area contributed by atoms with Crippen LogP contribution in [0.1, 0.15) is 27.9 Å². The predicted octanol–water partition coefficient (Wildman–Crippen LogP) is 3.66. The molecule has 0 fully saturated rings. The molecule has 0 radical (unpaired) electrons. The topological polar surface area (TPSA) is 34.1 Å². The maximum Gasteiger partial charge on any atom is 0.296 e. The molecular formula is C17H12F2O2. The summed E-state index contributed by atoms with van der Waals surface area (Å²) in [4.78, 5) is 22.8. The Morgan fingerprint density at radius 1 is 1.00 bits per heavy atom. The fourth-order valence-electron chi connectivity index (χ4n) is 2.66. The van der Waals surface area contributed by atoms with Crippen molar-refractivity contribution in [1.82, 2.24) is 0 Å². The minimum atomic E-state index is -3.09. The number of halogens is 2. The van der Waals surface area contributed by atoms with Gasteiger partial charge in [0.25, 0.3) is 6.43 Å². The van der Waals surface area contributed by atoms with E-state index in [9.17, 15) is 18.4 Å². The smallest absolute Gasteiger partial charge is 0.294 e. The first-order valence-corrected chi connectivity index (χ1v) is 6.61. The van der Waals surface area contributed by atoms with Gasteiger partial charge in [0.1, 0.15) is 0 Å². The summed E-state index contributed by atoms with van der Waals surface area (Å²) >= 11 is 0. The van der Waals surface area contributed by atoms with E-state index in [4.69, 9.17) is 0 Å². The van der Waals surface area contributed by atoms with Gasteiger partial charge in [0.15, 0.2) is 5.78 Å². The molecular weight excluding hydrogens is 274 g/mol. The molecule has 2 aromatic carbocycles. The molecule has 0 saturated carbocycles. The summed E-state index contributed by atoms with van der Waals surface area (Å²) in [5.74, 6) is -1.89. The van der Waals surface area contributed by atoms with Crippen molar-refractivity contribution in [1.29, 1.82) is 0 Å². The van der Waals surface area contributed by atoms with E-state index in [2.05, 4.69) is 0 Å². The summed E-state index contributed by atoms with van der Waals surface area (Å²) in [5.41, 5.74) is 4.68. The van der Waals surface area contributed by atoms with Crippen molar-refractivity contribution in [3.63, 3.8) is 0 Å². The molecule has 0 heterocycles. The fraction of sp³-hybridized carbons (Fsp3) is 0.176. The summed E-state index contributed by atoms with van der Waals surface area (Å²) in [5, 5.41) is 0. The third-order valence-corrected chi connectivity index (χ3v) is 3.69. The van der Waals surface area contributed by atoms with E-state index in [1.165, 1.54) is 5.56 Å². The van der Waals surface area contributed by atoms with E-state index < -0.39 is 24.4 Å². The first-order chi connectivity index (χ1) is 10.1. The van der Waals surface area contributed by atoms with Gasteiger partial charge in [-0.25, -0.2) is 8.78 Å². The Labute approximate surface area is 120 Å². The molecule has 0 atom stereocenters. The Morgan fingerprint density at radius 3 is 2.48 bits per heavy atom. The van der Waals surface area contributed by atoms with Crippen LogP contribution < -0.4 is 0 Å². The molecule has 0 N–H and O–H groups in total. The number of alkyl halides is 2. The van der Waals surface area contributed by atoms with E-state index >= 15 is 0 Å². The molecule has 3 rings (SSSR count). The van der Waals surface area contributed by atoms with Crippen molar-refractivity contribution in [3.8, 4) is 11.1 Å². The highest BCUT2D eigenvalue weighted by molar-refractivity contribution is 6.09. The fourth-order valence-corrected chi connectivity index (χ4v) is 2.66. The van der Waals surface area contributed by atoms with Crippen LogP contribution in [0.2, 0.25) is 0 Å². The summed E-state index contributed by atoms with van der Waals surface area (Å²) in [6.07, 6.45) is -3.12. The Hall–Kier alpha value is -2.36. The van der Waals surface area contributed by atoms with Gasteiger partial charge in [0.2, 0.25) is 5.78 Å². The lowest BCUT2D eigenvalue weighted by atomic mass is 9.99. The van der Waals surface area contributed by atoms with Crippen LogP contribution in [0.25, 0.3) is 11.1 Å². The maximum absolute atomic E-state index is 12.2. The van der Waals surface area contributed by atoms with Gasteiger partial charge in [-0.15, -0.1) is 0 Å². The number of hydrogen-bond acceptors (Lipinski definition) is 2. The van der Waals surface area contributed by atoms with Gasteiger partial charge < -0.3 is 0 Å². The minimum absolute atomic E-state index is 0.315. The van der Waals surface area contributed by atoms with Crippen molar-refractivity contribution in [3.05, 3.63) is 59.2 Å². The van der Waals surface area contributed by atoms with Gasteiger partial charge >= 0.3 is 0 Å². The van der Waals surface area contributed by atoms with Crippen LogP contribution in [-0.2, 0) is 11.2 Å². The predicted molar refractivity (Wildman–Crippen MR) is 74.6 cm³/mol. The third-order valence-electron chi connectivity index (χ3n) is 3.69. The first-order valence-electron chi connectivity index (χ1n) is 6.61. The van der Waals surface area contributed by atoms with Crippen LogP contribution >= 0.6 is 0 Å². The van der Waals surface area contributed by atoms with E-state index in [0.29, 0.717) is 5.56 Å². The number of rotatable bonds is 4. The number of carbonyl (C=O) groups excluding carboxylic acids is 2. The van der Waals surface area contributed by atoms with Crippen LogP contribution in [0.15, 0.2) is 42.5 Å². The Morgan fingerprint density at radius 2 is 1.71 bits per heavy atom. The molecule has 0 aromatic heterocycles. The van der Waals surface area contributed by atoms with Gasteiger partial charge in [-0.3, -0.25) is 9.59 Å². The molecule has 1 aliphatic carbocycles. The van der Waals surface area contributed by atoms with E-state index in [0.717, 1.165) is 23.1 Å². The standard InChI is InChI=1S/C17H12F2O2/c18-17(19)16(21)9-15(20)11-5-6-14-12(8-11)7-10-3-1-2-4-13(10)14/h1-6,8,17H,7,9H2. The summed E-state index contributed by atoms with van der Waals surface area (Å²) in [6, 6.07) is 13.1. The molecule has 4 heteroatoms. The summed E-state index contributed by atoms with van der Waals surface area (Å²) in [7, 11) is 0. The lowest BCUT2D eigenvalue weighted by molar-refractivity contribution is -0.128. The lowest BCUT2D eigenvalue weighted by Gasteiger charge is -2.04. The van der Waals surface area contributed by atoms with Crippen molar-refractivity contribution in [2.24, 2.45) is 0 Å². The van der Waals surface area contributed by atoms with Crippen LogP contribution in [0.3, 0.4) is 0 Å². The summed E-state index contributed by atoms with van der Waals surface area (Å²) < 4.78 is 24.4. The van der Waals surface area contributed by atoms with Crippen LogP contribution in [0.4, 0.5) is 8.78 Å². The van der Waals surface area contributed by atoms with E-state index in [1.807, 2.05) is 30.3 Å². The molecule has 0 spiro atoms. The molecule has 0 amide bonds. The van der Waals surface area contributed by atoms with Crippen molar-refractivity contribution < 1.29 is 18.4 Å². The number of Topliss-reactive ketones (excluding diaryl/α,β-unsaturated/α-hetero) is 2. The maximum atomic E-state index is 12.2. The highest BCUT2D eigenvalue weighted by atomic mass is 19.3. The van der Waals surface area contributed by atoms with E-state index in [1.54, 1.807) is 12.1 Å². The first kappa shape index (κ1) is 13.6. The van der Waals surface area contributed by atoms with Gasteiger partial charge in [-0.2, -0.15) is 0 Å². The number of benzene rings is 2. The zero-order valence-electron chi connectivity index (χ0n) is 11.1. The van der Waals surface area contributed by atoms with Crippen LogP contribution in [0, 0.1) is 0 Å². The highest BCUT2D eigenvalue weighted by Gasteiger charge is 2.22. The number of fused-ring (bicyclic) bond motifs is 3. The Kier molecular flexibility index (Phi) is 3.37. The second kappa shape index (κ2) is 5.20. The second-order valence-electron chi connectivity index (χ2n) is 5.07. The third kappa shape index (κ3) is 2.49. The molecule has 106 valence electrons. The van der Waals surface area contributed by atoms with Gasteiger partial charge in [0.05, 0.1) is 6.42 Å². The average Bonchev–Trinajstić information content (AvgIpc) is 2.84. The quantitative estimate of drug-likeness (QED) is 0.542. The van der Waals surface area contributed by atoms with Crippen LogP contribution in [0.5, 0.6) is 0 Å². The molecule has 0 unspecified atom stereocenters. The minimum Gasteiger partial charge on any atom is -0.294 e. The zero-order valence-corrected chi connectivity index (χ0v) is 11.1. The number of carbonyl (C=O) groups is 2. The van der Waals surface area contributed by atoms with Crippen LogP contribution in [-0.4, -0.2) is 18.0 Å². The van der Waals surface area contributed by atoms with Crippen molar-refractivity contribution in [2.75, 3.05) is 0 Å². The Balaban J connectivity index is 1.87. The molecule has 0 bridgehead atoms.